The number of aromatic nitrogens is 6. The van der Waals surface area contributed by atoms with Crippen LogP contribution >= 0.6 is 11.3 Å². The van der Waals surface area contributed by atoms with E-state index in [1.54, 1.807) is 16.2 Å². The highest BCUT2D eigenvalue weighted by molar-refractivity contribution is 7.13. The molecule has 3 aromatic heterocycles. The number of aryl methyl sites for hydroxylation is 1. The van der Waals surface area contributed by atoms with Gasteiger partial charge in [-0.05, 0) is 59.0 Å². The van der Waals surface area contributed by atoms with Crippen LogP contribution in [0.2, 0.25) is 0 Å². The molecule has 0 radical (unpaired) electrons. The molecule has 18 heteroatoms. The third-order valence-electron chi connectivity index (χ3n) is 11.6. The van der Waals surface area contributed by atoms with Crippen molar-refractivity contribution in [3.05, 3.63) is 83.5 Å². The fourth-order valence-corrected chi connectivity index (χ4v) is 8.90. The van der Waals surface area contributed by atoms with Gasteiger partial charge in [0.05, 0.1) is 27.6 Å². The molecule has 3 aromatic carbocycles. The molecule has 17 nitrogen and oxygen atoms in total. The Labute approximate surface area is 367 Å². The first kappa shape index (κ1) is 43.1. The number of piperidine rings is 1. The normalized spacial score (nSPS) is 17.5. The van der Waals surface area contributed by atoms with E-state index in [9.17, 15) is 24.3 Å². The van der Waals surface area contributed by atoms with Crippen LogP contribution in [0, 0.1) is 12.3 Å². The lowest BCUT2D eigenvalue weighted by molar-refractivity contribution is -0.144. The number of thiazole rings is 1. The number of nitrogens with one attached hydrogen (secondary N) is 3. The maximum Gasteiger partial charge on any atom is 0.246 e. The predicted octanol–water partition coefficient (Wildman–Crippen LogP) is 5.07. The van der Waals surface area contributed by atoms with E-state index in [0.29, 0.717) is 48.8 Å². The number of rotatable bonds is 13. The van der Waals surface area contributed by atoms with Crippen molar-refractivity contribution in [2.24, 2.45) is 5.41 Å². The number of carbonyl (C=O) groups is 4. The summed E-state index contributed by atoms with van der Waals surface area (Å²) in [4.78, 5) is 62.7. The summed E-state index contributed by atoms with van der Waals surface area (Å²) < 4.78 is 12.1. The zero-order chi connectivity index (χ0) is 44.3. The SMILES string of the molecule is Cc1ncsc1-c1ccc(CNC(=O)[C@@H]2C[C@@H](O)CN2C(=O)[C@@H](NC(=O)CCC(=O)N2CCC(Oc3cccc(-c4onc5ccc(-c6nn[nH]n6)cc45)c3)CC2)C(C)(C)C)cc1. The standard InChI is InChI=1S/C45H50N10O7S/c1-26-40(63-25-47-26)28-10-8-27(9-11-28)23-46-43(59)36-22-31(56)24-55(36)44(60)41(45(2,3)4)48-37(57)14-15-38(58)54-18-16-32(17-19-54)61-33-7-5-6-29(20-33)39-34-21-30(42-49-52-53-50-42)12-13-35(34)51-62-39/h5-13,20-21,25,31-32,36,41,56H,14-19,22-24H2,1-4H3,(H,46,59)(H,48,57)(H,49,50,52,53)/t31-,36+,41-/m1/s1. The number of amides is 4. The van der Waals surface area contributed by atoms with Crippen LogP contribution in [0.3, 0.4) is 0 Å². The van der Waals surface area contributed by atoms with Crippen molar-refractivity contribution in [1.82, 2.24) is 51.2 Å². The summed E-state index contributed by atoms with van der Waals surface area (Å²) in [6, 6.07) is 19.1. The van der Waals surface area contributed by atoms with Crippen LogP contribution in [0.4, 0.5) is 0 Å². The van der Waals surface area contributed by atoms with Crippen LogP contribution in [0.5, 0.6) is 5.75 Å². The number of ether oxygens (including phenoxy) is 1. The number of carbonyl (C=O) groups excluding carboxylic acids is 4. The predicted molar refractivity (Wildman–Crippen MR) is 234 cm³/mol. The zero-order valence-electron chi connectivity index (χ0n) is 35.5. The van der Waals surface area contributed by atoms with E-state index in [4.69, 9.17) is 9.26 Å². The average Bonchev–Trinajstić information content (AvgIpc) is 4.12. The fourth-order valence-electron chi connectivity index (χ4n) is 8.09. The van der Waals surface area contributed by atoms with Crippen LogP contribution in [-0.4, -0.2) is 113 Å². The number of likely N-dealkylation sites (tertiary alicyclic amines) is 2. The third-order valence-corrected chi connectivity index (χ3v) is 12.5. The van der Waals surface area contributed by atoms with Crippen LogP contribution in [0.1, 0.15) is 64.1 Å². The van der Waals surface area contributed by atoms with Crippen molar-refractivity contribution >= 4 is 45.9 Å². The number of fused-ring (bicyclic) bond motifs is 1. The minimum atomic E-state index is -0.994. The number of H-pyrrole nitrogens is 1. The average molecular weight is 875 g/mol. The second kappa shape index (κ2) is 18.4. The van der Waals surface area contributed by atoms with E-state index in [-0.39, 0.29) is 50.3 Å². The van der Waals surface area contributed by atoms with E-state index < -0.39 is 35.4 Å². The second-order valence-corrected chi connectivity index (χ2v) is 18.0. The van der Waals surface area contributed by atoms with Gasteiger partial charge < -0.3 is 34.8 Å². The molecule has 0 bridgehead atoms. The van der Waals surface area contributed by atoms with Gasteiger partial charge in [0.25, 0.3) is 0 Å². The van der Waals surface area contributed by atoms with Crippen molar-refractivity contribution in [2.45, 2.75) is 90.6 Å². The van der Waals surface area contributed by atoms with Gasteiger partial charge in [0, 0.05) is 69.4 Å². The van der Waals surface area contributed by atoms with Gasteiger partial charge in [-0.3, -0.25) is 19.2 Å². The van der Waals surface area contributed by atoms with E-state index >= 15 is 0 Å². The summed E-state index contributed by atoms with van der Waals surface area (Å²) in [6.07, 6.45) is 0.156. The van der Waals surface area contributed by atoms with Crippen molar-refractivity contribution in [1.29, 1.82) is 0 Å². The number of nitrogens with zero attached hydrogens (tertiary/aromatic N) is 7. The fraction of sp³-hybridized carbons (Fsp3) is 0.400. The highest BCUT2D eigenvalue weighted by atomic mass is 32.1. The number of aliphatic hydroxyl groups excluding tert-OH is 1. The summed E-state index contributed by atoms with van der Waals surface area (Å²) in [5.41, 5.74) is 6.22. The lowest BCUT2D eigenvalue weighted by Crippen LogP contribution is -2.57. The number of hydrogen-bond donors (Lipinski definition) is 4. The van der Waals surface area contributed by atoms with Gasteiger partial charge in [-0.15, -0.1) is 21.5 Å². The van der Waals surface area contributed by atoms with Gasteiger partial charge in [0.1, 0.15) is 29.5 Å². The largest absolute Gasteiger partial charge is 0.490 e. The quantitative estimate of drug-likeness (QED) is 0.120. The second-order valence-electron chi connectivity index (χ2n) is 17.1. The summed E-state index contributed by atoms with van der Waals surface area (Å²) in [7, 11) is 0. The number of aromatic amines is 1. The van der Waals surface area contributed by atoms with E-state index in [0.717, 1.165) is 38.2 Å². The summed E-state index contributed by atoms with van der Waals surface area (Å²) in [6.45, 7) is 8.60. The Kier molecular flexibility index (Phi) is 12.6. The Morgan fingerprint density at radius 3 is 2.49 bits per heavy atom. The summed E-state index contributed by atoms with van der Waals surface area (Å²) in [5.74, 6) is 0.265. The smallest absolute Gasteiger partial charge is 0.246 e. The molecule has 2 saturated heterocycles. The highest BCUT2D eigenvalue weighted by Gasteiger charge is 2.44. The molecule has 0 aliphatic carbocycles. The number of tetrazole rings is 1. The summed E-state index contributed by atoms with van der Waals surface area (Å²) >= 11 is 1.57. The van der Waals surface area contributed by atoms with Crippen molar-refractivity contribution in [3.8, 4) is 38.9 Å². The van der Waals surface area contributed by atoms with Crippen LogP contribution in [0.25, 0.3) is 44.1 Å². The Morgan fingerprint density at radius 2 is 1.78 bits per heavy atom. The van der Waals surface area contributed by atoms with Crippen LogP contribution in [-0.2, 0) is 25.7 Å². The van der Waals surface area contributed by atoms with Gasteiger partial charge in [-0.25, -0.2) is 4.98 Å². The lowest BCUT2D eigenvalue weighted by Gasteiger charge is -2.35. The number of benzene rings is 3. The molecule has 6 aromatic rings. The Bertz CT molecular complexity index is 2580. The molecule has 2 aliphatic heterocycles. The van der Waals surface area contributed by atoms with Crippen molar-refractivity contribution < 1.29 is 33.5 Å². The molecule has 328 valence electrons. The van der Waals surface area contributed by atoms with Crippen molar-refractivity contribution in [3.63, 3.8) is 0 Å². The Hall–Kier alpha value is -6.53. The zero-order valence-corrected chi connectivity index (χ0v) is 36.4. The Balaban J connectivity index is 0.810. The van der Waals surface area contributed by atoms with Gasteiger partial charge in [-0.2, -0.15) is 5.21 Å². The minimum Gasteiger partial charge on any atom is -0.490 e. The molecule has 0 saturated carbocycles. The lowest BCUT2D eigenvalue weighted by atomic mass is 9.85. The molecule has 0 spiro atoms. The highest BCUT2D eigenvalue weighted by Crippen LogP contribution is 2.34. The van der Waals surface area contributed by atoms with E-state index in [1.165, 1.54) is 4.90 Å². The molecule has 63 heavy (non-hydrogen) atoms. The van der Waals surface area contributed by atoms with Gasteiger partial charge >= 0.3 is 0 Å². The maximum atomic E-state index is 14.1. The van der Waals surface area contributed by atoms with E-state index in [2.05, 4.69) is 41.4 Å². The molecule has 2 aliphatic rings. The molecule has 2 fully saturated rings. The van der Waals surface area contributed by atoms with Gasteiger partial charge in [0.15, 0.2) is 5.76 Å². The first-order valence-electron chi connectivity index (χ1n) is 21.0. The molecular weight excluding hydrogens is 825 g/mol. The molecule has 5 heterocycles. The molecule has 8 rings (SSSR count). The van der Waals surface area contributed by atoms with E-state index in [1.807, 2.05) is 99.9 Å². The topological polar surface area (TPSA) is 222 Å². The molecule has 4 N–H and O–H groups in total. The first-order chi connectivity index (χ1) is 30.3. The molecule has 3 atom stereocenters. The molecule has 0 unspecified atom stereocenters. The number of aliphatic hydroxyl groups is 1. The molecule has 4 amide bonds. The van der Waals surface area contributed by atoms with Crippen LogP contribution < -0.4 is 15.4 Å². The Morgan fingerprint density at radius 1 is 1.00 bits per heavy atom. The van der Waals surface area contributed by atoms with Crippen molar-refractivity contribution in [2.75, 3.05) is 19.6 Å². The monoisotopic (exact) mass is 874 g/mol. The maximum absolute atomic E-state index is 14.1. The minimum absolute atomic E-state index is 0.0255. The third kappa shape index (κ3) is 9.92. The van der Waals surface area contributed by atoms with Crippen LogP contribution in [0.15, 0.2) is 76.8 Å². The number of β-amino-alcohol motifs (C(OH)–C–C–N with tert-alkyl or cyclic N) is 1. The van der Waals surface area contributed by atoms with Gasteiger partial charge in [-0.1, -0.05) is 62.3 Å². The number of hydrogen-bond acceptors (Lipinski definition) is 13. The van der Waals surface area contributed by atoms with Gasteiger partial charge in [0.2, 0.25) is 29.5 Å². The molecular formula is C45H50N10O7S. The first-order valence-corrected chi connectivity index (χ1v) is 21.9. The summed E-state index contributed by atoms with van der Waals surface area (Å²) in [5, 5.41) is 35.6.